The predicted octanol–water partition coefficient (Wildman–Crippen LogP) is 2.63. The summed E-state index contributed by atoms with van der Waals surface area (Å²) >= 11 is 5.97. The minimum Gasteiger partial charge on any atom is -0.384 e. The van der Waals surface area contributed by atoms with Gasteiger partial charge in [0.2, 0.25) is 0 Å². The molecule has 1 aromatic heterocycles. The van der Waals surface area contributed by atoms with E-state index in [9.17, 15) is 4.79 Å². The minimum absolute atomic E-state index is 0.127. The fourth-order valence-electron chi connectivity index (χ4n) is 2.44. The van der Waals surface area contributed by atoms with Crippen LogP contribution in [0.2, 0.25) is 5.02 Å². The number of nitrogens with one attached hydrogen (secondary N) is 1. The number of carbonyl (C=O) groups excluding carboxylic acids is 1. The van der Waals surface area contributed by atoms with Crippen LogP contribution in [0.15, 0.2) is 12.1 Å². The lowest BCUT2D eigenvalue weighted by Gasteiger charge is -2.27. The monoisotopic (exact) mass is 267 g/mol. The highest BCUT2D eigenvalue weighted by atomic mass is 35.5. The molecule has 4 nitrogen and oxygen atoms in total. The lowest BCUT2D eigenvalue weighted by atomic mass is 9.87. The van der Waals surface area contributed by atoms with Crippen LogP contribution in [0.25, 0.3) is 0 Å². The van der Waals surface area contributed by atoms with Gasteiger partial charge >= 0.3 is 0 Å². The molecule has 1 fully saturated rings. The van der Waals surface area contributed by atoms with Gasteiger partial charge < -0.3 is 11.1 Å². The third kappa shape index (κ3) is 2.58. The van der Waals surface area contributed by atoms with E-state index in [1.54, 1.807) is 12.1 Å². The number of halogens is 1. The highest BCUT2D eigenvalue weighted by Crippen LogP contribution is 2.37. The second kappa shape index (κ2) is 4.76. The van der Waals surface area contributed by atoms with E-state index < -0.39 is 0 Å². The second-order valence-corrected chi connectivity index (χ2v) is 5.88. The van der Waals surface area contributed by atoms with Gasteiger partial charge in [-0.3, -0.25) is 4.79 Å². The first-order valence-electron chi connectivity index (χ1n) is 6.13. The van der Waals surface area contributed by atoms with E-state index in [0.29, 0.717) is 10.8 Å². The van der Waals surface area contributed by atoms with Crippen LogP contribution in [0.5, 0.6) is 0 Å². The van der Waals surface area contributed by atoms with E-state index in [4.69, 9.17) is 17.3 Å². The van der Waals surface area contributed by atoms with Gasteiger partial charge in [0.1, 0.15) is 11.5 Å². The third-order valence-corrected chi connectivity index (χ3v) is 3.95. The molecule has 1 aromatic rings. The fraction of sp³-hybridized carbons (Fsp3) is 0.538. The topological polar surface area (TPSA) is 68.0 Å². The minimum atomic E-state index is -0.243. The van der Waals surface area contributed by atoms with E-state index in [2.05, 4.69) is 24.1 Å². The number of aromatic nitrogens is 1. The van der Waals surface area contributed by atoms with Crippen LogP contribution >= 0.6 is 11.6 Å². The first-order valence-corrected chi connectivity index (χ1v) is 6.51. The number of anilines is 1. The molecule has 1 saturated carbocycles. The van der Waals surface area contributed by atoms with Crippen LogP contribution in [0, 0.1) is 5.41 Å². The van der Waals surface area contributed by atoms with Crippen molar-refractivity contribution in [1.29, 1.82) is 0 Å². The number of pyridine rings is 1. The molecule has 1 atom stereocenters. The largest absolute Gasteiger partial charge is 0.384 e. The van der Waals surface area contributed by atoms with Crippen molar-refractivity contribution in [3.8, 4) is 0 Å². The van der Waals surface area contributed by atoms with Crippen molar-refractivity contribution in [1.82, 2.24) is 10.3 Å². The highest BCUT2D eigenvalue weighted by molar-refractivity contribution is 6.33. The van der Waals surface area contributed by atoms with Crippen molar-refractivity contribution in [3.05, 3.63) is 22.8 Å². The van der Waals surface area contributed by atoms with E-state index in [1.807, 2.05) is 0 Å². The number of hydrogen-bond acceptors (Lipinski definition) is 3. The fourth-order valence-corrected chi connectivity index (χ4v) is 2.63. The number of carbonyl (C=O) groups is 1. The van der Waals surface area contributed by atoms with Crippen molar-refractivity contribution in [3.63, 3.8) is 0 Å². The Balaban J connectivity index is 2.15. The molecule has 0 aliphatic heterocycles. The summed E-state index contributed by atoms with van der Waals surface area (Å²) < 4.78 is 0. The predicted molar refractivity (Wildman–Crippen MR) is 72.5 cm³/mol. The normalized spacial score (nSPS) is 21.8. The van der Waals surface area contributed by atoms with Crippen LogP contribution in [-0.2, 0) is 0 Å². The van der Waals surface area contributed by atoms with Gasteiger partial charge in [0.15, 0.2) is 0 Å². The number of amides is 1. The summed E-state index contributed by atoms with van der Waals surface area (Å²) in [5, 5.41) is 3.34. The Morgan fingerprint density at radius 2 is 2.28 bits per heavy atom. The summed E-state index contributed by atoms with van der Waals surface area (Å²) in [6.07, 6.45) is 3.25. The maximum absolute atomic E-state index is 12.1. The second-order valence-electron chi connectivity index (χ2n) is 5.47. The van der Waals surface area contributed by atoms with Gasteiger partial charge in [-0.1, -0.05) is 31.9 Å². The summed E-state index contributed by atoms with van der Waals surface area (Å²) in [5.74, 6) is 0.0579. The van der Waals surface area contributed by atoms with Crippen molar-refractivity contribution < 1.29 is 4.79 Å². The third-order valence-electron chi connectivity index (χ3n) is 3.65. The van der Waals surface area contributed by atoms with Gasteiger partial charge in [0, 0.05) is 6.04 Å². The zero-order valence-electron chi connectivity index (χ0n) is 10.7. The van der Waals surface area contributed by atoms with Crippen molar-refractivity contribution in [2.45, 2.75) is 39.2 Å². The Hall–Kier alpha value is -1.29. The number of nitrogens with two attached hydrogens (primary N) is 1. The molecule has 3 N–H and O–H groups in total. The molecule has 0 saturated heterocycles. The molecule has 0 bridgehead atoms. The van der Waals surface area contributed by atoms with Gasteiger partial charge in [-0.2, -0.15) is 0 Å². The van der Waals surface area contributed by atoms with Crippen LogP contribution in [-0.4, -0.2) is 16.9 Å². The van der Waals surface area contributed by atoms with Gasteiger partial charge in [-0.05, 0) is 30.4 Å². The quantitative estimate of drug-likeness (QED) is 0.866. The van der Waals surface area contributed by atoms with Gasteiger partial charge in [0.05, 0.1) is 5.02 Å². The van der Waals surface area contributed by atoms with E-state index in [-0.39, 0.29) is 23.1 Å². The number of rotatable bonds is 2. The Morgan fingerprint density at radius 1 is 1.56 bits per heavy atom. The van der Waals surface area contributed by atoms with Crippen LogP contribution in [0.3, 0.4) is 0 Å². The molecule has 0 spiro atoms. The summed E-state index contributed by atoms with van der Waals surface area (Å²) in [7, 11) is 0. The lowest BCUT2D eigenvalue weighted by molar-refractivity contribution is 0.0905. The summed E-state index contributed by atoms with van der Waals surface area (Å²) in [5.41, 5.74) is 5.91. The summed E-state index contributed by atoms with van der Waals surface area (Å²) in [4.78, 5) is 16.1. The molecule has 1 amide bonds. The standard InChI is InChI=1S/C13H18ClN3O/c1-13(2)7-3-4-9(13)16-12(18)11-8(14)5-6-10(15)17-11/h5-6,9H,3-4,7H2,1-2H3,(H2,15,17)(H,16,18). The number of nitrogen functional groups attached to an aromatic ring is 1. The maximum Gasteiger partial charge on any atom is 0.271 e. The molecular weight excluding hydrogens is 250 g/mol. The molecular formula is C13H18ClN3O. The molecule has 1 unspecified atom stereocenters. The first kappa shape index (κ1) is 13.1. The van der Waals surface area contributed by atoms with Crippen molar-refractivity contribution >= 4 is 23.3 Å². The number of nitrogens with zero attached hydrogens (tertiary/aromatic N) is 1. The molecule has 0 aromatic carbocycles. The van der Waals surface area contributed by atoms with Crippen LogP contribution in [0.4, 0.5) is 5.82 Å². The molecule has 18 heavy (non-hydrogen) atoms. The molecule has 1 aliphatic rings. The lowest BCUT2D eigenvalue weighted by Crippen LogP contribution is -2.41. The van der Waals surface area contributed by atoms with Crippen molar-refractivity contribution in [2.24, 2.45) is 5.41 Å². The molecule has 1 heterocycles. The molecule has 98 valence electrons. The molecule has 5 heteroatoms. The van der Waals surface area contributed by atoms with E-state index in [0.717, 1.165) is 19.3 Å². The molecule has 1 aliphatic carbocycles. The Labute approximate surface area is 112 Å². The Kier molecular flexibility index (Phi) is 3.48. The Morgan fingerprint density at radius 3 is 2.89 bits per heavy atom. The zero-order valence-corrected chi connectivity index (χ0v) is 11.4. The van der Waals surface area contributed by atoms with Crippen molar-refractivity contribution in [2.75, 3.05) is 5.73 Å². The zero-order chi connectivity index (χ0) is 13.3. The van der Waals surface area contributed by atoms with E-state index >= 15 is 0 Å². The maximum atomic E-state index is 12.1. The average molecular weight is 268 g/mol. The van der Waals surface area contributed by atoms with E-state index in [1.165, 1.54) is 0 Å². The summed E-state index contributed by atoms with van der Waals surface area (Å²) in [6, 6.07) is 3.35. The first-order chi connectivity index (χ1) is 8.40. The highest BCUT2D eigenvalue weighted by Gasteiger charge is 2.35. The number of hydrogen-bond donors (Lipinski definition) is 2. The summed E-state index contributed by atoms with van der Waals surface area (Å²) in [6.45, 7) is 4.33. The molecule has 2 rings (SSSR count). The Bertz CT molecular complexity index is 473. The average Bonchev–Trinajstić information content (AvgIpc) is 2.62. The molecule has 0 radical (unpaired) electrons. The smallest absolute Gasteiger partial charge is 0.271 e. The SMILES string of the molecule is CC1(C)CCCC1NC(=O)c1nc(N)ccc1Cl. The van der Waals surface area contributed by atoms with Crippen LogP contribution < -0.4 is 11.1 Å². The van der Waals surface area contributed by atoms with Gasteiger partial charge in [-0.15, -0.1) is 0 Å². The van der Waals surface area contributed by atoms with Gasteiger partial charge in [0.25, 0.3) is 5.91 Å². The van der Waals surface area contributed by atoms with Crippen LogP contribution in [0.1, 0.15) is 43.6 Å². The van der Waals surface area contributed by atoms with Gasteiger partial charge in [-0.25, -0.2) is 4.98 Å².